The highest BCUT2D eigenvalue weighted by Crippen LogP contribution is 2.33. The van der Waals surface area contributed by atoms with Crippen molar-refractivity contribution in [1.29, 1.82) is 0 Å². The van der Waals surface area contributed by atoms with Crippen LogP contribution in [0.2, 0.25) is 0 Å². The molecule has 0 unspecified atom stereocenters. The molecule has 0 radical (unpaired) electrons. The fraction of sp³-hybridized carbons (Fsp3) is 0.364. The minimum atomic E-state index is -3.96. The van der Waals surface area contributed by atoms with E-state index in [2.05, 4.69) is 16.0 Å². The Balaban J connectivity index is 0.000000231. The first-order chi connectivity index (χ1) is 20.8. The molecule has 0 saturated carbocycles. The number of carboxylic acid groups (broad SMARTS) is 2. The van der Waals surface area contributed by atoms with Gasteiger partial charge in [0.15, 0.2) is 0 Å². The van der Waals surface area contributed by atoms with Crippen molar-refractivity contribution >= 4 is 23.5 Å². The van der Waals surface area contributed by atoms with Crippen LogP contribution in [0.4, 0.5) is 0 Å². The number of hydrogen-bond acceptors (Lipinski definition) is 9. The number of aromatic nitrogens is 1. The van der Waals surface area contributed by atoms with E-state index in [9.17, 15) is 39.6 Å². The third-order valence-corrected chi connectivity index (χ3v) is 8.63. The zero-order chi connectivity index (χ0) is 32.2. The number of piperidine rings is 3. The summed E-state index contributed by atoms with van der Waals surface area (Å²) in [6.07, 6.45) is 7.45. The topological polar surface area (TPSA) is 191 Å². The van der Waals surface area contributed by atoms with E-state index in [-0.39, 0.29) is 11.1 Å². The Morgan fingerprint density at radius 3 is 1.64 bits per heavy atom. The standard InChI is InChI=1S/C20H18O8.C13H19N3/c1-11-3-7-13(8-4-11)15(21)19(27,17(23)24)20(28,18(25)26)16(22)14-9-5-12(2)6-10-14;14-13-11-3-6-16(7-4-11)12(13)8-10-2-1-5-15-9-10/h3-10,27-28H,1-2H3,(H,23,24)(H,25,26);1-2,5,9,11-13H,3-4,6-8,14H2/t19-,20-;12-,13+/m10/s1. The molecular formula is C33H37N3O8. The maximum absolute atomic E-state index is 12.8. The number of carboxylic acids is 2. The molecule has 11 nitrogen and oxygen atoms in total. The minimum absolute atomic E-state index is 0.364. The van der Waals surface area contributed by atoms with Gasteiger partial charge in [0, 0.05) is 35.6 Å². The third kappa shape index (κ3) is 6.18. The van der Waals surface area contributed by atoms with E-state index in [0.29, 0.717) is 23.2 Å². The number of benzene rings is 2. The van der Waals surface area contributed by atoms with Crippen LogP contribution >= 0.6 is 0 Å². The lowest BCUT2D eigenvalue weighted by atomic mass is 9.73. The number of aliphatic hydroxyl groups is 2. The molecule has 6 rings (SSSR count). The summed E-state index contributed by atoms with van der Waals surface area (Å²) >= 11 is 0. The first-order valence-electron chi connectivity index (χ1n) is 14.3. The molecule has 0 spiro atoms. The Hall–Kier alpha value is -4.29. The van der Waals surface area contributed by atoms with Gasteiger partial charge in [-0.2, -0.15) is 0 Å². The molecular weight excluding hydrogens is 566 g/mol. The number of nitrogens with zero attached hydrogens (tertiary/aromatic N) is 2. The fourth-order valence-electron chi connectivity index (χ4n) is 5.88. The van der Waals surface area contributed by atoms with Gasteiger partial charge in [0.2, 0.25) is 11.6 Å². The predicted octanol–water partition coefficient (Wildman–Crippen LogP) is 2.05. The van der Waals surface area contributed by atoms with Crippen molar-refractivity contribution in [3.05, 3.63) is 101 Å². The molecule has 4 atom stereocenters. The first kappa shape index (κ1) is 32.6. The van der Waals surface area contributed by atoms with Gasteiger partial charge in [0.05, 0.1) is 0 Å². The fourth-order valence-corrected chi connectivity index (χ4v) is 5.88. The van der Waals surface area contributed by atoms with E-state index in [0.717, 1.165) is 36.6 Å². The lowest BCUT2D eigenvalue weighted by molar-refractivity contribution is -0.187. The Bertz CT molecular complexity index is 1420. The highest BCUT2D eigenvalue weighted by atomic mass is 16.5. The van der Waals surface area contributed by atoms with Crippen molar-refractivity contribution in [3.63, 3.8) is 0 Å². The Morgan fingerprint density at radius 1 is 0.818 bits per heavy atom. The number of Topliss-reactive ketones (excluding diaryl/α,β-unsaturated/α-hetero) is 2. The summed E-state index contributed by atoms with van der Waals surface area (Å²) in [5.41, 5.74) is 0.392. The third-order valence-electron chi connectivity index (χ3n) is 8.63. The molecule has 232 valence electrons. The van der Waals surface area contributed by atoms with E-state index in [4.69, 9.17) is 5.73 Å². The largest absolute Gasteiger partial charge is 0.479 e. The summed E-state index contributed by atoms with van der Waals surface area (Å²) in [5.74, 6) is -7.26. The molecule has 2 aromatic carbocycles. The van der Waals surface area contributed by atoms with Gasteiger partial charge < -0.3 is 26.2 Å². The number of aryl methyl sites for hydroxylation is 2. The normalized spacial score (nSPS) is 23.3. The molecule has 3 aliphatic heterocycles. The highest BCUT2D eigenvalue weighted by molar-refractivity contribution is 6.28. The monoisotopic (exact) mass is 603 g/mol. The molecule has 0 amide bonds. The Kier molecular flexibility index (Phi) is 9.75. The molecule has 11 heteroatoms. The maximum Gasteiger partial charge on any atom is 0.348 e. The first-order valence-corrected chi connectivity index (χ1v) is 14.3. The zero-order valence-electron chi connectivity index (χ0n) is 24.6. The molecule has 6 N–H and O–H groups in total. The SMILES string of the molecule is Cc1ccc(C(=O)[C@@](O)(C(=O)O)[C@](O)(C(=O)O)C(=O)c2ccc(C)cc2)cc1.N[C@@H]1C2CCN(CC2)[C@H]1Cc1cccnc1. The van der Waals surface area contributed by atoms with Gasteiger partial charge in [-0.1, -0.05) is 65.7 Å². The Labute approximate surface area is 255 Å². The van der Waals surface area contributed by atoms with E-state index in [1.54, 1.807) is 13.8 Å². The van der Waals surface area contributed by atoms with Crippen molar-refractivity contribution in [2.75, 3.05) is 13.1 Å². The lowest BCUT2D eigenvalue weighted by Gasteiger charge is -2.49. The second-order valence-electron chi connectivity index (χ2n) is 11.5. The van der Waals surface area contributed by atoms with Gasteiger partial charge in [-0.25, -0.2) is 9.59 Å². The van der Waals surface area contributed by atoms with Gasteiger partial charge in [0.25, 0.3) is 11.2 Å². The highest BCUT2D eigenvalue weighted by Gasteiger charge is 2.69. The number of hydrogen-bond donors (Lipinski definition) is 5. The molecule has 3 fully saturated rings. The molecule has 2 bridgehead atoms. The van der Waals surface area contributed by atoms with E-state index >= 15 is 0 Å². The van der Waals surface area contributed by atoms with Gasteiger partial charge in [-0.15, -0.1) is 0 Å². The second kappa shape index (κ2) is 13.1. The Morgan fingerprint density at radius 2 is 1.27 bits per heavy atom. The molecule has 1 aromatic heterocycles. The number of rotatable bonds is 9. The van der Waals surface area contributed by atoms with Gasteiger partial charge in [-0.3, -0.25) is 19.5 Å². The summed E-state index contributed by atoms with van der Waals surface area (Å²) in [7, 11) is 0. The molecule has 3 aliphatic rings. The number of fused-ring (bicyclic) bond motifs is 3. The van der Waals surface area contributed by atoms with E-state index < -0.39 is 34.7 Å². The number of aliphatic carboxylic acids is 2. The van der Waals surface area contributed by atoms with Gasteiger partial charge >= 0.3 is 11.9 Å². The molecule has 3 aromatic rings. The van der Waals surface area contributed by atoms with Crippen LogP contribution < -0.4 is 5.73 Å². The number of carbonyl (C=O) groups is 4. The van der Waals surface area contributed by atoms with Crippen LogP contribution in [0, 0.1) is 19.8 Å². The van der Waals surface area contributed by atoms with Crippen molar-refractivity contribution in [1.82, 2.24) is 9.88 Å². The summed E-state index contributed by atoms with van der Waals surface area (Å²) in [4.78, 5) is 55.8. The van der Waals surface area contributed by atoms with Gasteiger partial charge in [0.1, 0.15) is 0 Å². The van der Waals surface area contributed by atoms with Crippen LogP contribution in [0.5, 0.6) is 0 Å². The van der Waals surface area contributed by atoms with Crippen LogP contribution in [0.1, 0.15) is 50.2 Å². The van der Waals surface area contributed by atoms with Gasteiger partial charge in [-0.05, 0) is 63.7 Å². The minimum Gasteiger partial charge on any atom is -0.479 e. The molecule has 3 saturated heterocycles. The smallest absolute Gasteiger partial charge is 0.348 e. The average molecular weight is 604 g/mol. The maximum atomic E-state index is 12.8. The molecule has 4 heterocycles. The van der Waals surface area contributed by atoms with E-state index in [1.807, 2.05) is 18.5 Å². The number of carbonyl (C=O) groups excluding carboxylic acids is 2. The number of pyridine rings is 1. The second-order valence-corrected chi connectivity index (χ2v) is 11.5. The van der Waals surface area contributed by atoms with Crippen LogP contribution in [-0.2, 0) is 16.0 Å². The summed E-state index contributed by atoms with van der Waals surface area (Å²) < 4.78 is 0. The zero-order valence-corrected chi connectivity index (χ0v) is 24.6. The van der Waals surface area contributed by atoms with Crippen molar-refractivity contribution in [2.45, 2.75) is 56.4 Å². The molecule has 44 heavy (non-hydrogen) atoms. The van der Waals surface area contributed by atoms with Crippen molar-refractivity contribution in [2.24, 2.45) is 11.7 Å². The van der Waals surface area contributed by atoms with E-state index in [1.165, 1.54) is 55.8 Å². The summed E-state index contributed by atoms with van der Waals surface area (Å²) in [6, 6.07) is 15.4. The van der Waals surface area contributed by atoms with Crippen molar-refractivity contribution in [3.8, 4) is 0 Å². The number of ketones is 2. The van der Waals surface area contributed by atoms with Crippen LogP contribution in [-0.4, -0.2) is 90.2 Å². The van der Waals surface area contributed by atoms with Crippen molar-refractivity contribution < 1.29 is 39.6 Å². The average Bonchev–Trinajstić information content (AvgIpc) is 3.03. The van der Waals surface area contributed by atoms with Crippen LogP contribution in [0.15, 0.2) is 73.1 Å². The lowest BCUT2D eigenvalue weighted by Crippen LogP contribution is -2.71. The number of nitrogens with two attached hydrogens (primary N) is 1. The summed E-state index contributed by atoms with van der Waals surface area (Å²) in [6.45, 7) is 5.85. The summed E-state index contributed by atoms with van der Waals surface area (Å²) in [5, 5.41) is 40.3. The predicted molar refractivity (Wildman–Crippen MR) is 160 cm³/mol. The van der Waals surface area contributed by atoms with Crippen LogP contribution in [0.25, 0.3) is 0 Å². The molecule has 0 aliphatic carbocycles. The quantitative estimate of drug-likeness (QED) is 0.178. The van der Waals surface area contributed by atoms with Crippen LogP contribution in [0.3, 0.4) is 0 Å².